The van der Waals surface area contributed by atoms with E-state index in [1.807, 2.05) is 0 Å². The molecule has 0 aromatic carbocycles. The minimum absolute atomic E-state index is 0.0891. The maximum Gasteiger partial charge on any atom is 0.306 e. The zero-order valence-electron chi connectivity index (χ0n) is 49.9. The van der Waals surface area contributed by atoms with Gasteiger partial charge in [-0.05, 0) is 103 Å². The molecular weight excluding hydrogens is 945 g/mol. The molecule has 0 bridgehead atoms. The first-order chi connectivity index (χ1) is 38.1. The summed E-state index contributed by atoms with van der Waals surface area (Å²) in [4.78, 5) is 24.6. The molecule has 0 spiro atoms. The van der Waals surface area contributed by atoms with E-state index in [1.165, 1.54) is 135 Å². The van der Waals surface area contributed by atoms with Gasteiger partial charge in [-0.3, -0.25) is 9.59 Å². The Kier molecular flexibility index (Phi) is 62.4. The van der Waals surface area contributed by atoms with Gasteiger partial charge in [0.05, 0.1) is 6.61 Å². The first kappa shape index (κ1) is 72.8. The molecule has 0 amide bonds. The largest absolute Gasteiger partial charge is 0.462 e. The van der Waals surface area contributed by atoms with Crippen molar-refractivity contribution in [2.24, 2.45) is 0 Å². The third-order valence-electron chi connectivity index (χ3n) is 13.4. The molecule has 0 aliphatic heterocycles. The number of hydrogen-bond donors (Lipinski definition) is 1. The molecule has 436 valence electrons. The first-order valence-electron chi connectivity index (χ1n) is 31.9. The van der Waals surface area contributed by atoms with Crippen LogP contribution < -0.4 is 0 Å². The number of rotatable bonds is 57. The Morgan fingerprint density at radius 3 is 0.844 bits per heavy atom. The lowest BCUT2D eigenvalue weighted by molar-refractivity contribution is -0.161. The maximum atomic E-state index is 12.3. The van der Waals surface area contributed by atoms with Gasteiger partial charge in [0.2, 0.25) is 0 Å². The molecule has 0 fully saturated rings. The van der Waals surface area contributed by atoms with Gasteiger partial charge in [0.15, 0.2) is 6.10 Å². The van der Waals surface area contributed by atoms with Crippen molar-refractivity contribution in [1.82, 2.24) is 0 Å². The Hall–Kier alpha value is -4.22. The second kappa shape index (κ2) is 66.1. The molecule has 0 radical (unpaired) electrons. The lowest BCUT2D eigenvalue weighted by atomic mass is 10.0. The highest BCUT2D eigenvalue weighted by molar-refractivity contribution is 5.70. The normalized spacial score (nSPS) is 13.2. The van der Waals surface area contributed by atoms with Gasteiger partial charge in [0.1, 0.15) is 6.61 Å². The average Bonchev–Trinajstić information content (AvgIpc) is 3.43. The summed E-state index contributed by atoms with van der Waals surface area (Å²) in [6.45, 7) is 4.01. The Bertz CT molecular complexity index is 1630. The molecule has 0 aliphatic rings. The van der Waals surface area contributed by atoms with Gasteiger partial charge < -0.3 is 14.6 Å². The van der Waals surface area contributed by atoms with Gasteiger partial charge in [0.25, 0.3) is 0 Å². The fourth-order valence-electron chi connectivity index (χ4n) is 8.66. The van der Waals surface area contributed by atoms with Crippen molar-refractivity contribution >= 4 is 11.9 Å². The Balaban J connectivity index is 3.64. The Labute approximate surface area is 476 Å². The van der Waals surface area contributed by atoms with E-state index in [1.54, 1.807) is 0 Å². The van der Waals surface area contributed by atoms with Crippen LogP contribution in [0.2, 0.25) is 0 Å². The van der Waals surface area contributed by atoms with E-state index in [0.29, 0.717) is 12.8 Å². The molecule has 0 saturated carbocycles. The molecule has 1 N–H and O–H groups in total. The third kappa shape index (κ3) is 64.2. The highest BCUT2D eigenvalue weighted by Crippen LogP contribution is 2.16. The number of carbonyl (C=O) groups is 2. The van der Waals surface area contributed by atoms with Crippen LogP contribution >= 0.6 is 0 Å². The van der Waals surface area contributed by atoms with Crippen LogP contribution in [0.1, 0.15) is 277 Å². The maximum absolute atomic E-state index is 12.3. The van der Waals surface area contributed by atoms with E-state index in [0.717, 1.165) is 116 Å². The monoisotopic (exact) mass is 1060 g/mol. The standard InChI is InChI=1S/C72H118O5/c1-3-5-7-9-11-13-15-17-19-21-23-25-27-29-30-31-32-33-34-35-36-37-38-39-40-41-42-43-45-47-49-51-53-55-57-59-61-63-65-67-72(75)77-70(68-73)69-76-71(74)66-64-62-60-58-56-54-52-50-48-46-44-28-26-24-22-20-18-16-14-12-10-8-6-4-2/h5,7,11,13,17,19,23,25,29-30,32-33,35-36,38-39,41-42,45,47,51,53,57,59,70,73H,3-4,6,8-10,12,14-16,18,20-22,24,26-28,31,34,37,40,43-44,46,48-50,52,54-56,58,60-69H2,1-2H3/b7-5-,13-11-,19-17-,25-23-,30-29-,33-32-,36-35-,39-38-,42-41-,47-45-,53-51-,59-57-. The number of aliphatic hydroxyl groups excluding tert-OH is 1. The lowest BCUT2D eigenvalue weighted by Crippen LogP contribution is -2.28. The Morgan fingerprint density at radius 1 is 0.312 bits per heavy atom. The molecule has 1 atom stereocenters. The number of allylic oxidation sites excluding steroid dienone is 24. The third-order valence-corrected chi connectivity index (χ3v) is 13.4. The topological polar surface area (TPSA) is 72.8 Å². The van der Waals surface area contributed by atoms with Gasteiger partial charge in [-0.2, -0.15) is 0 Å². The predicted molar refractivity (Wildman–Crippen MR) is 338 cm³/mol. The summed E-state index contributed by atoms with van der Waals surface area (Å²) in [5, 5.41) is 9.67. The summed E-state index contributed by atoms with van der Waals surface area (Å²) in [5.41, 5.74) is 0. The fraction of sp³-hybridized carbons (Fsp3) is 0.639. The van der Waals surface area contributed by atoms with E-state index in [4.69, 9.17) is 9.47 Å². The fourth-order valence-corrected chi connectivity index (χ4v) is 8.66. The molecular formula is C72H118O5. The van der Waals surface area contributed by atoms with Gasteiger partial charge in [-0.15, -0.1) is 0 Å². The van der Waals surface area contributed by atoms with Crippen LogP contribution in [-0.2, 0) is 19.1 Å². The minimum atomic E-state index is -0.805. The van der Waals surface area contributed by atoms with Gasteiger partial charge in [0, 0.05) is 12.8 Å². The predicted octanol–water partition coefficient (Wildman–Crippen LogP) is 22.1. The smallest absolute Gasteiger partial charge is 0.306 e. The summed E-state index contributed by atoms with van der Waals surface area (Å²) in [5.74, 6) is -0.642. The summed E-state index contributed by atoms with van der Waals surface area (Å²) < 4.78 is 10.7. The quantitative estimate of drug-likeness (QED) is 0.0373. The number of aliphatic hydroxyl groups is 1. The second-order valence-electron chi connectivity index (χ2n) is 20.8. The first-order valence-corrected chi connectivity index (χ1v) is 31.9. The van der Waals surface area contributed by atoms with E-state index in [-0.39, 0.29) is 25.2 Å². The van der Waals surface area contributed by atoms with Crippen LogP contribution in [0.5, 0.6) is 0 Å². The van der Waals surface area contributed by atoms with Gasteiger partial charge in [-0.1, -0.05) is 307 Å². The number of unbranched alkanes of at least 4 members (excludes halogenated alkanes) is 25. The van der Waals surface area contributed by atoms with Crippen molar-refractivity contribution in [1.29, 1.82) is 0 Å². The van der Waals surface area contributed by atoms with E-state index < -0.39 is 6.10 Å². The second-order valence-corrected chi connectivity index (χ2v) is 20.8. The van der Waals surface area contributed by atoms with Crippen LogP contribution in [-0.4, -0.2) is 36.4 Å². The number of hydrogen-bond acceptors (Lipinski definition) is 5. The SMILES string of the molecule is CC/C=C\C/C=C\C/C=C\C/C=C\C/C=C\C/C=C\C/C=C\C/C=C\C/C=C\C/C=C\C/C=C\C/C=C\CCCCC(=O)OC(CO)COC(=O)CCCCCCCCCCCCCCCCCCCCCCCCCC. The minimum Gasteiger partial charge on any atom is -0.462 e. The number of esters is 2. The van der Waals surface area contributed by atoms with Crippen LogP contribution in [0.15, 0.2) is 146 Å². The van der Waals surface area contributed by atoms with Crippen molar-refractivity contribution in [2.75, 3.05) is 13.2 Å². The zero-order valence-corrected chi connectivity index (χ0v) is 49.9. The van der Waals surface area contributed by atoms with Crippen molar-refractivity contribution in [3.05, 3.63) is 146 Å². The Morgan fingerprint density at radius 2 is 0.558 bits per heavy atom. The highest BCUT2D eigenvalue weighted by atomic mass is 16.6. The highest BCUT2D eigenvalue weighted by Gasteiger charge is 2.16. The molecule has 0 aromatic rings. The van der Waals surface area contributed by atoms with Crippen molar-refractivity contribution in [2.45, 2.75) is 283 Å². The van der Waals surface area contributed by atoms with Crippen molar-refractivity contribution < 1.29 is 24.2 Å². The van der Waals surface area contributed by atoms with Crippen LogP contribution in [0.3, 0.4) is 0 Å². The molecule has 0 aromatic heterocycles. The van der Waals surface area contributed by atoms with Crippen LogP contribution in [0.4, 0.5) is 0 Å². The summed E-state index contributed by atoms with van der Waals surface area (Å²) >= 11 is 0. The van der Waals surface area contributed by atoms with E-state index in [9.17, 15) is 14.7 Å². The van der Waals surface area contributed by atoms with E-state index >= 15 is 0 Å². The molecule has 5 nitrogen and oxygen atoms in total. The van der Waals surface area contributed by atoms with E-state index in [2.05, 4.69) is 160 Å². The molecule has 1 unspecified atom stereocenters. The summed E-state index contributed by atoms with van der Waals surface area (Å²) in [6, 6.07) is 0. The van der Waals surface area contributed by atoms with Crippen molar-refractivity contribution in [3.63, 3.8) is 0 Å². The average molecular weight is 1060 g/mol. The number of carbonyl (C=O) groups excluding carboxylic acids is 2. The molecule has 0 heterocycles. The van der Waals surface area contributed by atoms with Crippen molar-refractivity contribution in [3.8, 4) is 0 Å². The number of ether oxygens (including phenoxy) is 2. The molecule has 77 heavy (non-hydrogen) atoms. The summed E-state index contributed by atoms with van der Waals surface area (Å²) in [7, 11) is 0. The molecule has 0 aliphatic carbocycles. The molecule has 0 rings (SSSR count). The molecule has 5 heteroatoms. The molecule has 0 saturated heterocycles. The van der Waals surface area contributed by atoms with Gasteiger partial charge in [-0.25, -0.2) is 0 Å². The van der Waals surface area contributed by atoms with Crippen LogP contribution in [0, 0.1) is 0 Å². The van der Waals surface area contributed by atoms with Gasteiger partial charge >= 0.3 is 11.9 Å². The van der Waals surface area contributed by atoms with Crippen LogP contribution in [0.25, 0.3) is 0 Å². The zero-order chi connectivity index (χ0) is 55.5. The summed E-state index contributed by atoms with van der Waals surface area (Å²) in [6.07, 6.45) is 99.9. The lowest BCUT2D eigenvalue weighted by Gasteiger charge is -2.15.